The molecule has 0 unspecified atom stereocenters. The van der Waals surface area contributed by atoms with Crippen molar-refractivity contribution in [2.75, 3.05) is 6.54 Å². The highest BCUT2D eigenvalue weighted by Crippen LogP contribution is 2.20. The van der Waals surface area contributed by atoms with Crippen LogP contribution in [-0.2, 0) is 6.42 Å². The fourth-order valence-electron chi connectivity index (χ4n) is 2.58. The predicted octanol–water partition coefficient (Wildman–Crippen LogP) is 3.05. The molecule has 5 nitrogen and oxygen atoms in total. The number of carbonyl (C=O) groups excluding carboxylic acids is 1. The number of hydrogen-bond acceptors (Lipinski definition) is 3. The number of amides is 1. The Morgan fingerprint density at radius 2 is 2.09 bits per heavy atom. The van der Waals surface area contributed by atoms with E-state index in [2.05, 4.69) is 15.5 Å². The summed E-state index contributed by atoms with van der Waals surface area (Å²) >= 11 is 0. The Hall–Kier alpha value is -2.56. The van der Waals surface area contributed by atoms with E-state index in [9.17, 15) is 4.79 Å². The van der Waals surface area contributed by atoms with Crippen LogP contribution in [0.5, 0.6) is 0 Å². The third-order valence-corrected chi connectivity index (χ3v) is 3.84. The van der Waals surface area contributed by atoms with Gasteiger partial charge in [-0.2, -0.15) is 5.10 Å². The highest BCUT2D eigenvalue weighted by molar-refractivity contribution is 5.96. The van der Waals surface area contributed by atoms with E-state index in [0.717, 1.165) is 39.9 Å². The van der Waals surface area contributed by atoms with E-state index in [-0.39, 0.29) is 5.91 Å². The SMILES string of the molecule is Cc1ccc2cc(C(=O)NCCc3c(C)n[nH]c3C)oc2c1. The minimum absolute atomic E-state index is 0.187. The van der Waals surface area contributed by atoms with E-state index in [4.69, 9.17) is 4.42 Å². The van der Waals surface area contributed by atoms with Crippen LogP contribution in [0.2, 0.25) is 0 Å². The number of aryl methyl sites for hydroxylation is 3. The van der Waals surface area contributed by atoms with Gasteiger partial charge in [0.05, 0.1) is 5.69 Å². The van der Waals surface area contributed by atoms with Crippen LogP contribution < -0.4 is 5.32 Å². The zero-order valence-corrected chi connectivity index (χ0v) is 13.0. The molecule has 1 aromatic carbocycles. The maximum absolute atomic E-state index is 12.2. The first-order chi connectivity index (χ1) is 10.5. The number of H-pyrrole nitrogens is 1. The molecule has 0 spiro atoms. The van der Waals surface area contributed by atoms with Gasteiger partial charge in [-0.15, -0.1) is 0 Å². The summed E-state index contributed by atoms with van der Waals surface area (Å²) in [6.45, 7) is 6.49. The summed E-state index contributed by atoms with van der Waals surface area (Å²) in [5.41, 5.74) is 5.03. The summed E-state index contributed by atoms with van der Waals surface area (Å²) < 4.78 is 5.62. The van der Waals surface area contributed by atoms with Crippen molar-refractivity contribution >= 4 is 16.9 Å². The third-order valence-electron chi connectivity index (χ3n) is 3.84. The van der Waals surface area contributed by atoms with E-state index in [1.807, 2.05) is 39.0 Å². The van der Waals surface area contributed by atoms with Crippen LogP contribution in [-0.4, -0.2) is 22.6 Å². The van der Waals surface area contributed by atoms with Gasteiger partial charge < -0.3 is 9.73 Å². The second kappa shape index (κ2) is 5.67. The van der Waals surface area contributed by atoms with Gasteiger partial charge in [0, 0.05) is 17.6 Å². The lowest BCUT2D eigenvalue weighted by atomic mass is 10.1. The van der Waals surface area contributed by atoms with Crippen molar-refractivity contribution in [1.29, 1.82) is 0 Å². The van der Waals surface area contributed by atoms with Crippen molar-refractivity contribution < 1.29 is 9.21 Å². The molecule has 0 fully saturated rings. The lowest BCUT2D eigenvalue weighted by Gasteiger charge is -2.03. The Labute approximate surface area is 128 Å². The molecule has 0 bridgehead atoms. The zero-order chi connectivity index (χ0) is 15.7. The van der Waals surface area contributed by atoms with Crippen molar-refractivity contribution in [3.05, 3.63) is 52.5 Å². The Kier molecular flexibility index (Phi) is 3.71. The number of furan rings is 1. The molecule has 3 aromatic rings. The van der Waals surface area contributed by atoms with Gasteiger partial charge in [-0.1, -0.05) is 12.1 Å². The Balaban J connectivity index is 1.66. The minimum Gasteiger partial charge on any atom is -0.451 e. The van der Waals surface area contributed by atoms with Crippen molar-refractivity contribution in [2.24, 2.45) is 0 Å². The van der Waals surface area contributed by atoms with Crippen LogP contribution in [0, 0.1) is 20.8 Å². The van der Waals surface area contributed by atoms with Crippen LogP contribution in [0.25, 0.3) is 11.0 Å². The average molecular weight is 297 g/mol. The molecule has 1 amide bonds. The normalized spacial score (nSPS) is 11.0. The second-order valence-corrected chi connectivity index (χ2v) is 5.57. The second-order valence-electron chi connectivity index (χ2n) is 5.57. The molecule has 0 radical (unpaired) electrons. The Morgan fingerprint density at radius 1 is 1.27 bits per heavy atom. The number of aromatic nitrogens is 2. The van der Waals surface area contributed by atoms with Gasteiger partial charge in [0.25, 0.3) is 5.91 Å². The summed E-state index contributed by atoms with van der Waals surface area (Å²) in [5, 5.41) is 10.9. The molecule has 5 heteroatoms. The molecule has 3 rings (SSSR count). The lowest BCUT2D eigenvalue weighted by molar-refractivity contribution is 0.0928. The molecule has 114 valence electrons. The maximum atomic E-state index is 12.2. The summed E-state index contributed by atoms with van der Waals surface area (Å²) in [4.78, 5) is 12.2. The lowest BCUT2D eigenvalue weighted by Crippen LogP contribution is -2.25. The first kappa shape index (κ1) is 14.4. The number of carbonyl (C=O) groups is 1. The molecule has 0 aliphatic heterocycles. The Morgan fingerprint density at radius 3 is 2.82 bits per heavy atom. The molecule has 2 aromatic heterocycles. The summed E-state index contributed by atoms with van der Waals surface area (Å²) in [6, 6.07) is 7.68. The Bertz CT molecular complexity index is 810. The zero-order valence-electron chi connectivity index (χ0n) is 13.0. The summed E-state index contributed by atoms with van der Waals surface area (Å²) in [5.74, 6) is 0.161. The molecule has 2 heterocycles. The third kappa shape index (κ3) is 2.74. The highest BCUT2D eigenvalue weighted by Gasteiger charge is 2.13. The molecule has 0 aliphatic carbocycles. The van der Waals surface area contributed by atoms with Gasteiger partial charge in [-0.05, 0) is 50.5 Å². The van der Waals surface area contributed by atoms with Crippen LogP contribution in [0.1, 0.15) is 33.1 Å². The van der Waals surface area contributed by atoms with Gasteiger partial charge in [0.1, 0.15) is 5.58 Å². The topological polar surface area (TPSA) is 70.9 Å². The largest absolute Gasteiger partial charge is 0.451 e. The monoisotopic (exact) mass is 297 g/mol. The van der Waals surface area contributed by atoms with Crippen LogP contribution in [0.3, 0.4) is 0 Å². The van der Waals surface area contributed by atoms with Crippen molar-refractivity contribution in [2.45, 2.75) is 27.2 Å². The van der Waals surface area contributed by atoms with Gasteiger partial charge in [0.2, 0.25) is 0 Å². The smallest absolute Gasteiger partial charge is 0.287 e. The van der Waals surface area contributed by atoms with Gasteiger partial charge in [0.15, 0.2) is 5.76 Å². The standard InChI is InChI=1S/C17H19N3O2/c1-10-4-5-13-9-16(22-15(13)8-10)17(21)18-7-6-14-11(2)19-20-12(14)3/h4-5,8-9H,6-7H2,1-3H3,(H,18,21)(H,19,20). The van der Waals surface area contributed by atoms with Gasteiger partial charge >= 0.3 is 0 Å². The van der Waals surface area contributed by atoms with Crippen LogP contribution in [0.4, 0.5) is 0 Å². The number of nitrogens with one attached hydrogen (secondary N) is 2. The fraction of sp³-hybridized carbons (Fsp3) is 0.294. The first-order valence-corrected chi connectivity index (χ1v) is 7.33. The van der Waals surface area contributed by atoms with Gasteiger partial charge in [-0.3, -0.25) is 9.89 Å². The van der Waals surface area contributed by atoms with E-state index >= 15 is 0 Å². The number of fused-ring (bicyclic) bond motifs is 1. The molecule has 0 atom stereocenters. The number of rotatable bonds is 4. The highest BCUT2D eigenvalue weighted by atomic mass is 16.3. The molecular weight excluding hydrogens is 278 g/mol. The van der Waals surface area contributed by atoms with E-state index in [0.29, 0.717) is 12.3 Å². The van der Waals surface area contributed by atoms with Crippen molar-refractivity contribution in [1.82, 2.24) is 15.5 Å². The number of nitrogens with zero attached hydrogens (tertiary/aromatic N) is 1. The number of hydrogen-bond donors (Lipinski definition) is 2. The van der Waals surface area contributed by atoms with E-state index in [1.165, 1.54) is 0 Å². The maximum Gasteiger partial charge on any atom is 0.287 e. The van der Waals surface area contributed by atoms with E-state index in [1.54, 1.807) is 6.07 Å². The molecule has 0 aliphatic rings. The van der Waals surface area contributed by atoms with E-state index < -0.39 is 0 Å². The summed E-state index contributed by atoms with van der Waals surface area (Å²) in [7, 11) is 0. The fourth-order valence-corrected chi connectivity index (χ4v) is 2.58. The molecule has 0 saturated heterocycles. The van der Waals surface area contributed by atoms with Crippen molar-refractivity contribution in [3.63, 3.8) is 0 Å². The number of benzene rings is 1. The van der Waals surface area contributed by atoms with Gasteiger partial charge in [-0.25, -0.2) is 0 Å². The molecular formula is C17H19N3O2. The molecule has 22 heavy (non-hydrogen) atoms. The summed E-state index contributed by atoms with van der Waals surface area (Å²) in [6.07, 6.45) is 0.749. The quantitative estimate of drug-likeness (QED) is 0.777. The predicted molar refractivity (Wildman–Crippen MR) is 85.0 cm³/mol. The molecule has 0 saturated carbocycles. The van der Waals surface area contributed by atoms with Crippen LogP contribution in [0.15, 0.2) is 28.7 Å². The average Bonchev–Trinajstić information content (AvgIpc) is 3.04. The minimum atomic E-state index is -0.187. The molecule has 2 N–H and O–H groups in total. The van der Waals surface area contributed by atoms with Crippen molar-refractivity contribution in [3.8, 4) is 0 Å². The number of aromatic amines is 1. The first-order valence-electron chi connectivity index (χ1n) is 7.33. The van der Waals surface area contributed by atoms with Crippen LogP contribution >= 0.6 is 0 Å².